The predicted octanol–water partition coefficient (Wildman–Crippen LogP) is 4.22. The summed E-state index contributed by atoms with van der Waals surface area (Å²) in [6.07, 6.45) is 1.34. The Labute approximate surface area is 187 Å². The molecule has 3 aromatic rings. The van der Waals surface area contributed by atoms with Gasteiger partial charge in [0.2, 0.25) is 5.91 Å². The average molecular weight is 437 g/mol. The Morgan fingerprint density at radius 1 is 1.10 bits per heavy atom. The quantitative estimate of drug-likeness (QED) is 0.574. The number of ether oxygens (including phenoxy) is 2. The standard InChI is InChI=1S/C25H28N2O3S/c1-29-23-8-7-18(13-24(23)30-2)14-25(28)26-15-22(21-10-12-31-17-21)27-11-9-19-5-3-4-6-20(19)16-27/h3-8,10,12-13,17,22H,9,11,14-16H2,1-2H3,(H,26,28)/t22-/m1/s1. The van der Waals surface area contributed by atoms with Gasteiger partial charge >= 0.3 is 0 Å². The van der Waals surface area contributed by atoms with E-state index >= 15 is 0 Å². The van der Waals surface area contributed by atoms with Crippen LogP contribution in [-0.2, 0) is 24.2 Å². The molecule has 1 aliphatic heterocycles. The highest BCUT2D eigenvalue weighted by molar-refractivity contribution is 7.08. The third kappa shape index (κ3) is 5.09. The number of thiophene rings is 1. The topological polar surface area (TPSA) is 50.8 Å². The molecule has 0 radical (unpaired) electrons. The largest absolute Gasteiger partial charge is 0.493 e. The minimum Gasteiger partial charge on any atom is -0.493 e. The molecule has 2 heterocycles. The smallest absolute Gasteiger partial charge is 0.224 e. The van der Waals surface area contributed by atoms with Crippen molar-refractivity contribution in [3.8, 4) is 11.5 Å². The van der Waals surface area contributed by atoms with Crippen LogP contribution in [0.4, 0.5) is 0 Å². The zero-order chi connectivity index (χ0) is 21.6. The number of nitrogens with zero attached hydrogens (tertiary/aromatic N) is 1. The van der Waals surface area contributed by atoms with Gasteiger partial charge in [0.25, 0.3) is 0 Å². The molecule has 6 heteroatoms. The van der Waals surface area contributed by atoms with Crippen LogP contribution in [0, 0.1) is 0 Å². The van der Waals surface area contributed by atoms with Crippen molar-refractivity contribution >= 4 is 17.2 Å². The summed E-state index contributed by atoms with van der Waals surface area (Å²) in [5, 5.41) is 7.45. The number of nitrogens with one attached hydrogen (secondary N) is 1. The maximum atomic E-state index is 12.7. The number of rotatable bonds is 8. The monoisotopic (exact) mass is 436 g/mol. The van der Waals surface area contributed by atoms with Crippen LogP contribution in [0.3, 0.4) is 0 Å². The molecule has 0 spiro atoms. The van der Waals surface area contributed by atoms with Crippen molar-refractivity contribution in [1.82, 2.24) is 10.2 Å². The zero-order valence-corrected chi connectivity index (χ0v) is 18.8. The lowest BCUT2D eigenvalue weighted by Crippen LogP contribution is -2.40. The summed E-state index contributed by atoms with van der Waals surface area (Å²) < 4.78 is 10.6. The van der Waals surface area contributed by atoms with Gasteiger partial charge in [-0.25, -0.2) is 0 Å². The van der Waals surface area contributed by atoms with E-state index in [2.05, 4.69) is 51.3 Å². The molecule has 0 unspecified atom stereocenters. The van der Waals surface area contributed by atoms with Gasteiger partial charge in [0.15, 0.2) is 11.5 Å². The number of methoxy groups -OCH3 is 2. The van der Waals surface area contributed by atoms with Crippen molar-refractivity contribution in [3.63, 3.8) is 0 Å². The molecule has 31 heavy (non-hydrogen) atoms. The van der Waals surface area contributed by atoms with Crippen LogP contribution in [0.5, 0.6) is 11.5 Å². The lowest BCUT2D eigenvalue weighted by molar-refractivity contribution is -0.120. The number of fused-ring (bicyclic) bond motifs is 1. The van der Waals surface area contributed by atoms with E-state index in [9.17, 15) is 4.79 Å². The van der Waals surface area contributed by atoms with E-state index in [0.29, 0.717) is 24.5 Å². The van der Waals surface area contributed by atoms with Crippen molar-refractivity contribution < 1.29 is 14.3 Å². The summed E-state index contributed by atoms with van der Waals surface area (Å²) in [6, 6.07) is 16.6. The summed E-state index contributed by atoms with van der Waals surface area (Å²) in [5.74, 6) is 1.30. The number of amides is 1. The molecular weight excluding hydrogens is 408 g/mol. The normalized spacial score (nSPS) is 14.5. The number of hydrogen-bond donors (Lipinski definition) is 1. The lowest BCUT2D eigenvalue weighted by atomic mass is 9.97. The third-order valence-corrected chi connectivity index (χ3v) is 6.54. The fraction of sp³-hybridized carbons (Fsp3) is 0.320. The van der Waals surface area contributed by atoms with Gasteiger partial charge in [-0.1, -0.05) is 30.3 Å². The molecule has 0 fully saturated rings. The first kappa shape index (κ1) is 21.4. The molecule has 0 saturated heterocycles. The Bertz CT molecular complexity index is 1020. The molecule has 5 nitrogen and oxygen atoms in total. The fourth-order valence-corrected chi connectivity index (χ4v) is 4.86. The molecule has 2 aromatic carbocycles. The zero-order valence-electron chi connectivity index (χ0n) is 18.0. The molecule has 0 saturated carbocycles. The van der Waals surface area contributed by atoms with Crippen molar-refractivity contribution in [3.05, 3.63) is 81.5 Å². The average Bonchev–Trinajstić information content (AvgIpc) is 3.33. The molecule has 1 N–H and O–H groups in total. The second-order valence-corrected chi connectivity index (χ2v) is 8.51. The molecule has 1 aliphatic rings. The molecule has 162 valence electrons. The number of carbonyl (C=O) groups is 1. The van der Waals surface area contributed by atoms with Gasteiger partial charge in [-0.3, -0.25) is 9.69 Å². The summed E-state index contributed by atoms with van der Waals surface area (Å²) >= 11 is 1.70. The molecule has 0 bridgehead atoms. The highest BCUT2D eigenvalue weighted by atomic mass is 32.1. The highest BCUT2D eigenvalue weighted by Crippen LogP contribution is 2.29. The van der Waals surface area contributed by atoms with Crippen LogP contribution in [0.15, 0.2) is 59.3 Å². The Kier molecular flexibility index (Phi) is 6.89. The SMILES string of the molecule is COc1ccc(CC(=O)NC[C@H](c2ccsc2)N2CCc3ccccc3C2)cc1OC. The Balaban J connectivity index is 1.42. The van der Waals surface area contributed by atoms with E-state index in [1.54, 1.807) is 25.6 Å². The predicted molar refractivity (Wildman–Crippen MR) is 124 cm³/mol. The molecular formula is C25H28N2O3S. The van der Waals surface area contributed by atoms with Gasteiger partial charge in [0, 0.05) is 19.6 Å². The molecule has 1 amide bonds. The van der Waals surface area contributed by atoms with Gasteiger partial charge in [-0.15, -0.1) is 0 Å². The van der Waals surface area contributed by atoms with Crippen LogP contribution >= 0.6 is 11.3 Å². The first-order chi connectivity index (χ1) is 15.2. The number of benzene rings is 2. The van der Waals surface area contributed by atoms with E-state index in [1.165, 1.54) is 16.7 Å². The highest BCUT2D eigenvalue weighted by Gasteiger charge is 2.25. The van der Waals surface area contributed by atoms with Gasteiger partial charge in [0.1, 0.15) is 0 Å². The van der Waals surface area contributed by atoms with Crippen molar-refractivity contribution in [2.24, 2.45) is 0 Å². The van der Waals surface area contributed by atoms with E-state index in [1.807, 2.05) is 18.2 Å². The van der Waals surface area contributed by atoms with Gasteiger partial charge < -0.3 is 14.8 Å². The van der Waals surface area contributed by atoms with Crippen molar-refractivity contribution in [2.75, 3.05) is 27.3 Å². The van der Waals surface area contributed by atoms with Crippen molar-refractivity contribution in [2.45, 2.75) is 25.4 Å². The lowest BCUT2D eigenvalue weighted by Gasteiger charge is -2.35. The number of hydrogen-bond acceptors (Lipinski definition) is 5. The van der Waals surface area contributed by atoms with Gasteiger partial charge in [-0.05, 0) is 57.6 Å². The molecule has 4 rings (SSSR count). The van der Waals surface area contributed by atoms with Crippen LogP contribution in [-0.4, -0.2) is 38.1 Å². The Morgan fingerprint density at radius 3 is 2.65 bits per heavy atom. The fourth-order valence-electron chi connectivity index (χ4n) is 4.15. The van der Waals surface area contributed by atoms with E-state index in [4.69, 9.17) is 9.47 Å². The van der Waals surface area contributed by atoms with Crippen molar-refractivity contribution in [1.29, 1.82) is 0 Å². The maximum absolute atomic E-state index is 12.7. The molecule has 0 aliphatic carbocycles. The minimum absolute atomic E-state index is 0.00450. The van der Waals surface area contributed by atoms with Gasteiger partial charge in [0.05, 0.1) is 26.7 Å². The first-order valence-corrected chi connectivity index (χ1v) is 11.4. The van der Waals surface area contributed by atoms with E-state index < -0.39 is 0 Å². The Hall–Kier alpha value is -2.83. The first-order valence-electron chi connectivity index (χ1n) is 10.5. The van der Waals surface area contributed by atoms with E-state index in [0.717, 1.165) is 25.1 Å². The summed E-state index contributed by atoms with van der Waals surface area (Å²) in [7, 11) is 3.21. The van der Waals surface area contributed by atoms with E-state index in [-0.39, 0.29) is 11.9 Å². The molecule has 1 aromatic heterocycles. The second kappa shape index (κ2) is 9.98. The minimum atomic E-state index is 0.00450. The summed E-state index contributed by atoms with van der Waals surface area (Å²) in [6.45, 7) is 2.48. The van der Waals surface area contributed by atoms with Crippen LogP contribution in [0.2, 0.25) is 0 Å². The summed E-state index contributed by atoms with van der Waals surface area (Å²) in [4.78, 5) is 15.2. The molecule has 1 atom stereocenters. The van der Waals surface area contributed by atoms with Gasteiger partial charge in [-0.2, -0.15) is 11.3 Å². The number of carbonyl (C=O) groups excluding carboxylic acids is 1. The van der Waals surface area contributed by atoms with Crippen LogP contribution < -0.4 is 14.8 Å². The summed E-state index contributed by atoms with van der Waals surface area (Å²) in [5.41, 5.74) is 4.97. The Morgan fingerprint density at radius 2 is 1.90 bits per heavy atom. The second-order valence-electron chi connectivity index (χ2n) is 7.73. The van der Waals surface area contributed by atoms with Crippen LogP contribution in [0.1, 0.15) is 28.3 Å². The van der Waals surface area contributed by atoms with Crippen LogP contribution in [0.25, 0.3) is 0 Å². The third-order valence-electron chi connectivity index (χ3n) is 5.83. The maximum Gasteiger partial charge on any atom is 0.224 e.